The van der Waals surface area contributed by atoms with Gasteiger partial charge in [0.2, 0.25) is 0 Å². The minimum absolute atomic E-state index is 0.247. The summed E-state index contributed by atoms with van der Waals surface area (Å²) < 4.78 is 4.50. The number of carbonyl (C=O) groups excluding carboxylic acids is 1. The lowest BCUT2D eigenvalue weighted by atomic mass is 10.2. The number of hydrogen-bond donors (Lipinski definition) is 0. The topological polar surface area (TPSA) is 26.3 Å². The maximum atomic E-state index is 10.8. The normalized spacial score (nSPS) is 10.4. The molecule has 0 amide bonds. The van der Waals surface area contributed by atoms with Crippen LogP contribution in [0.15, 0.2) is 30.3 Å². The first kappa shape index (κ1) is 10.8. The van der Waals surface area contributed by atoms with Gasteiger partial charge >= 0.3 is 5.97 Å². The number of methoxy groups -OCH3 is 1. The SMILES string of the molecule is COC(=O)C/C=C\c1cccc(Cl)c1. The summed E-state index contributed by atoms with van der Waals surface area (Å²) in [5, 5.41) is 0.685. The molecule has 0 fully saturated rings. The Bertz CT molecular complexity index is 345. The van der Waals surface area contributed by atoms with Gasteiger partial charge in [-0.25, -0.2) is 0 Å². The second kappa shape index (κ2) is 5.45. The van der Waals surface area contributed by atoms with Crippen molar-refractivity contribution in [3.8, 4) is 0 Å². The molecule has 74 valence electrons. The molecule has 1 rings (SSSR count). The van der Waals surface area contributed by atoms with Crippen LogP contribution in [0.25, 0.3) is 6.08 Å². The molecule has 0 unspecified atom stereocenters. The molecule has 0 heterocycles. The standard InChI is InChI=1S/C11H11ClO2/c1-14-11(13)7-3-5-9-4-2-6-10(12)8-9/h2-6,8H,7H2,1H3/b5-3-. The van der Waals surface area contributed by atoms with E-state index in [4.69, 9.17) is 11.6 Å². The van der Waals surface area contributed by atoms with E-state index in [9.17, 15) is 4.79 Å². The van der Waals surface area contributed by atoms with E-state index in [0.717, 1.165) is 5.56 Å². The van der Waals surface area contributed by atoms with E-state index in [0.29, 0.717) is 5.02 Å². The van der Waals surface area contributed by atoms with Gasteiger partial charge in [0.15, 0.2) is 0 Å². The number of esters is 1. The Morgan fingerprint density at radius 2 is 2.36 bits per heavy atom. The number of carbonyl (C=O) groups is 1. The van der Waals surface area contributed by atoms with Crippen LogP contribution in [-0.2, 0) is 9.53 Å². The van der Waals surface area contributed by atoms with Crippen LogP contribution in [0.5, 0.6) is 0 Å². The Hall–Kier alpha value is -1.28. The van der Waals surface area contributed by atoms with Gasteiger partial charge in [0.1, 0.15) is 0 Å². The zero-order chi connectivity index (χ0) is 10.4. The zero-order valence-electron chi connectivity index (χ0n) is 7.87. The second-order valence-corrected chi connectivity index (χ2v) is 3.17. The average Bonchev–Trinajstić information content (AvgIpc) is 2.17. The van der Waals surface area contributed by atoms with E-state index in [1.165, 1.54) is 7.11 Å². The summed E-state index contributed by atoms with van der Waals surface area (Å²) >= 11 is 5.79. The van der Waals surface area contributed by atoms with Crippen LogP contribution < -0.4 is 0 Å². The van der Waals surface area contributed by atoms with Gasteiger partial charge in [-0.15, -0.1) is 0 Å². The third-order valence-electron chi connectivity index (χ3n) is 1.67. The molecule has 0 aliphatic heterocycles. The van der Waals surface area contributed by atoms with Crippen LogP contribution in [0.1, 0.15) is 12.0 Å². The van der Waals surface area contributed by atoms with Gasteiger partial charge in [-0.3, -0.25) is 4.79 Å². The van der Waals surface area contributed by atoms with Gasteiger partial charge in [0.25, 0.3) is 0 Å². The molecular weight excluding hydrogens is 200 g/mol. The third-order valence-corrected chi connectivity index (χ3v) is 1.91. The first-order valence-electron chi connectivity index (χ1n) is 4.21. The lowest BCUT2D eigenvalue weighted by molar-refractivity contribution is -0.139. The van der Waals surface area contributed by atoms with Crippen molar-refractivity contribution in [2.24, 2.45) is 0 Å². The molecule has 0 spiro atoms. The molecule has 0 aliphatic carbocycles. The molecule has 0 saturated carbocycles. The van der Waals surface area contributed by atoms with Crippen LogP contribution in [0.2, 0.25) is 5.02 Å². The van der Waals surface area contributed by atoms with Crippen LogP contribution in [0, 0.1) is 0 Å². The molecular formula is C11H11ClO2. The Balaban J connectivity index is 2.56. The van der Waals surface area contributed by atoms with Crippen molar-refractivity contribution in [3.63, 3.8) is 0 Å². The van der Waals surface area contributed by atoms with E-state index in [2.05, 4.69) is 4.74 Å². The van der Waals surface area contributed by atoms with Crippen molar-refractivity contribution in [1.29, 1.82) is 0 Å². The van der Waals surface area contributed by atoms with Gasteiger partial charge in [-0.05, 0) is 17.7 Å². The first-order chi connectivity index (χ1) is 6.72. The maximum Gasteiger partial charge on any atom is 0.309 e. The summed E-state index contributed by atoms with van der Waals surface area (Å²) in [7, 11) is 1.37. The van der Waals surface area contributed by atoms with E-state index in [1.54, 1.807) is 12.1 Å². The Morgan fingerprint density at radius 1 is 1.57 bits per heavy atom. The zero-order valence-corrected chi connectivity index (χ0v) is 8.62. The van der Waals surface area contributed by atoms with Crippen molar-refractivity contribution < 1.29 is 9.53 Å². The highest BCUT2D eigenvalue weighted by molar-refractivity contribution is 6.30. The lowest BCUT2D eigenvalue weighted by Crippen LogP contribution is -1.96. The fourth-order valence-corrected chi connectivity index (χ4v) is 1.18. The molecule has 0 aromatic heterocycles. The van der Waals surface area contributed by atoms with Crippen molar-refractivity contribution in [1.82, 2.24) is 0 Å². The Kier molecular flexibility index (Phi) is 4.20. The molecule has 0 aliphatic rings. The summed E-state index contributed by atoms with van der Waals surface area (Å²) in [6.45, 7) is 0. The molecule has 1 aromatic rings. The largest absolute Gasteiger partial charge is 0.469 e. The monoisotopic (exact) mass is 210 g/mol. The van der Waals surface area contributed by atoms with Crippen LogP contribution in [0.3, 0.4) is 0 Å². The molecule has 3 heteroatoms. The van der Waals surface area contributed by atoms with Crippen molar-refractivity contribution in [2.45, 2.75) is 6.42 Å². The van der Waals surface area contributed by atoms with Crippen molar-refractivity contribution in [3.05, 3.63) is 40.9 Å². The molecule has 0 bridgehead atoms. The highest BCUT2D eigenvalue weighted by Crippen LogP contribution is 2.11. The quantitative estimate of drug-likeness (QED) is 0.718. The van der Waals surface area contributed by atoms with Crippen molar-refractivity contribution >= 4 is 23.6 Å². The minimum Gasteiger partial charge on any atom is -0.469 e. The third kappa shape index (κ3) is 3.62. The number of rotatable bonds is 3. The minimum atomic E-state index is -0.247. The highest BCUT2D eigenvalue weighted by atomic mass is 35.5. The van der Waals surface area contributed by atoms with Crippen molar-refractivity contribution in [2.75, 3.05) is 7.11 Å². The summed E-state index contributed by atoms with van der Waals surface area (Å²) in [6, 6.07) is 7.41. The first-order valence-corrected chi connectivity index (χ1v) is 4.59. The van der Waals surface area contributed by atoms with Crippen LogP contribution in [0.4, 0.5) is 0 Å². The summed E-state index contributed by atoms with van der Waals surface area (Å²) in [4.78, 5) is 10.8. The smallest absolute Gasteiger partial charge is 0.309 e. The Labute approximate surface area is 88.1 Å². The molecule has 2 nitrogen and oxygen atoms in total. The fraction of sp³-hybridized carbons (Fsp3) is 0.182. The fourth-order valence-electron chi connectivity index (χ4n) is 0.985. The summed E-state index contributed by atoms with van der Waals surface area (Å²) in [6.07, 6.45) is 3.86. The van der Waals surface area contributed by atoms with E-state index < -0.39 is 0 Å². The highest BCUT2D eigenvalue weighted by Gasteiger charge is 1.94. The average molecular weight is 211 g/mol. The Morgan fingerprint density at radius 3 is 3.00 bits per heavy atom. The molecule has 1 aromatic carbocycles. The number of ether oxygens (including phenoxy) is 1. The molecule has 0 radical (unpaired) electrons. The van der Waals surface area contributed by atoms with Gasteiger partial charge in [-0.1, -0.05) is 35.9 Å². The lowest BCUT2D eigenvalue weighted by Gasteiger charge is -1.94. The summed E-state index contributed by atoms with van der Waals surface area (Å²) in [5.74, 6) is -0.247. The molecule has 14 heavy (non-hydrogen) atoms. The van der Waals surface area contributed by atoms with Gasteiger partial charge in [0, 0.05) is 5.02 Å². The number of hydrogen-bond acceptors (Lipinski definition) is 2. The summed E-state index contributed by atoms with van der Waals surface area (Å²) in [5.41, 5.74) is 0.974. The maximum absolute atomic E-state index is 10.8. The van der Waals surface area contributed by atoms with E-state index >= 15 is 0 Å². The molecule has 0 atom stereocenters. The van der Waals surface area contributed by atoms with E-state index in [1.807, 2.05) is 24.3 Å². The predicted molar refractivity (Wildman–Crippen MR) is 57.1 cm³/mol. The molecule has 0 saturated heterocycles. The predicted octanol–water partition coefficient (Wildman–Crippen LogP) is 2.92. The number of halogens is 1. The van der Waals surface area contributed by atoms with Crippen LogP contribution >= 0.6 is 11.6 Å². The van der Waals surface area contributed by atoms with Crippen LogP contribution in [-0.4, -0.2) is 13.1 Å². The van der Waals surface area contributed by atoms with Gasteiger partial charge in [0.05, 0.1) is 13.5 Å². The number of benzene rings is 1. The van der Waals surface area contributed by atoms with Gasteiger partial charge < -0.3 is 4.74 Å². The van der Waals surface area contributed by atoms with E-state index in [-0.39, 0.29) is 12.4 Å². The second-order valence-electron chi connectivity index (χ2n) is 2.74. The van der Waals surface area contributed by atoms with Gasteiger partial charge in [-0.2, -0.15) is 0 Å². The molecule has 0 N–H and O–H groups in total.